The number of carbonyl (C=O) groups is 1. The van der Waals surface area contributed by atoms with E-state index in [1.807, 2.05) is 27.7 Å². The molecule has 1 heterocycles. The normalized spacial score (nSPS) is 17.4. The lowest BCUT2D eigenvalue weighted by atomic mass is 9.80. The smallest absolute Gasteiger partial charge is 0.323 e. The molecule has 3 aromatic carbocycles. The SMILES string of the molecule is C[C@H](NC1(c2ccc(N3CCOCC3)cc2)c2ccccc2-c2ccccc21)C(=O)OC(C)(C)C. The maximum absolute atomic E-state index is 13.1. The summed E-state index contributed by atoms with van der Waals surface area (Å²) in [6.07, 6.45) is 0. The van der Waals surface area contributed by atoms with Gasteiger partial charge in [0.05, 0.1) is 18.8 Å². The van der Waals surface area contributed by atoms with E-state index in [4.69, 9.17) is 9.47 Å². The van der Waals surface area contributed by atoms with Gasteiger partial charge in [0.1, 0.15) is 11.6 Å². The molecule has 5 nitrogen and oxygen atoms in total. The van der Waals surface area contributed by atoms with Crippen molar-refractivity contribution in [3.05, 3.63) is 89.5 Å². The largest absolute Gasteiger partial charge is 0.459 e. The van der Waals surface area contributed by atoms with Crippen LogP contribution < -0.4 is 10.2 Å². The van der Waals surface area contributed by atoms with Gasteiger partial charge in [-0.25, -0.2) is 0 Å². The van der Waals surface area contributed by atoms with Crippen LogP contribution in [0.1, 0.15) is 44.4 Å². The fourth-order valence-corrected chi connectivity index (χ4v) is 5.30. The molecule has 2 aliphatic rings. The summed E-state index contributed by atoms with van der Waals surface area (Å²) in [5, 5.41) is 3.73. The number of benzene rings is 3. The Morgan fingerprint density at radius 1 is 0.914 bits per heavy atom. The van der Waals surface area contributed by atoms with Crippen molar-refractivity contribution in [2.45, 2.75) is 44.9 Å². The molecule has 0 aromatic heterocycles. The lowest BCUT2D eigenvalue weighted by molar-refractivity contribution is -0.157. The number of morpholine rings is 1. The first kappa shape index (κ1) is 23.6. The number of ether oxygens (including phenoxy) is 2. The molecule has 0 amide bonds. The van der Waals surface area contributed by atoms with E-state index < -0.39 is 17.2 Å². The number of rotatable bonds is 5. The minimum atomic E-state index is -0.674. The minimum absolute atomic E-state index is 0.260. The summed E-state index contributed by atoms with van der Waals surface area (Å²) in [5.41, 5.74) is 5.73. The molecule has 3 aromatic rings. The van der Waals surface area contributed by atoms with E-state index in [0.717, 1.165) is 43.0 Å². The van der Waals surface area contributed by atoms with Crippen LogP contribution >= 0.6 is 0 Å². The fraction of sp³-hybridized carbons (Fsp3) is 0.367. The second-order valence-corrected chi connectivity index (χ2v) is 10.4. The zero-order valence-corrected chi connectivity index (χ0v) is 21.0. The molecular weight excluding hydrogens is 436 g/mol. The summed E-state index contributed by atoms with van der Waals surface area (Å²) in [6, 6.07) is 25.2. The van der Waals surface area contributed by atoms with Crippen molar-refractivity contribution in [2.24, 2.45) is 0 Å². The van der Waals surface area contributed by atoms with Crippen molar-refractivity contribution < 1.29 is 14.3 Å². The van der Waals surface area contributed by atoms with Crippen LogP contribution in [0.5, 0.6) is 0 Å². The Morgan fingerprint density at radius 3 is 2.00 bits per heavy atom. The number of esters is 1. The summed E-state index contributed by atoms with van der Waals surface area (Å²) in [4.78, 5) is 15.5. The Balaban J connectivity index is 1.62. The molecule has 182 valence electrons. The summed E-state index contributed by atoms with van der Waals surface area (Å²) in [6.45, 7) is 10.9. The molecule has 1 N–H and O–H groups in total. The average Bonchev–Trinajstić information content (AvgIpc) is 3.14. The van der Waals surface area contributed by atoms with Gasteiger partial charge in [0.15, 0.2) is 0 Å². The summed E-state index contributed by atoms with van der Waals surface area (Å²) in [5.74, 6) is -0.260. The van der Waals surface area contributed by atoms with Crippen LogP contribution in [-0.2, 0) is 19.8 Å². The van der Waals surface area contributed by atoms with Crippen LogP contribution in [0.25, 0.3) is 11.1 Å². The van der Waals surface area contributed by atoms with Gasteiger partial charge in [0.25, 0.3) is 0 Å². The first-order valence-electron chi connectivity index (χ1n) is 12.4. The van der Waals surface area contributed by atoms with E-state index in [1.54, 1.807) is 0 Å². The molecule has 0 unspecified atom stereocenters. The summed E-state index contributed by atoms with van der Waals surface area (Å²) < 4.78 is 11.3. The van der Waals surface area contributed by atoms with Crippen LogP contribution in [0.2, 0.25) is 0 Å². The fourth-order valence-electron chi connectivity index (χ4n) is 5.30. The van der Waals surface area contributed by atoms with Gasteiger partial charge in [-0.05, 0) is 67.6 Å². The van der Waals surface area contributed by atoms with Crippen molar-refractivity contribution in [1.82, 2.24) is 5.32 Å². The molecule has 1 fully saturated rings. The van der Waals surface area contributed by atoms with E-state index in [1.165, 1.54) is 16.8 Å². The van der Waals surface area contributed by atoms with E-state index in [-0.39, 0.29) is 5.97 Å². The molecule has 1 aliphatic heterocycles. The first-order valence-corrected chi connectivity index (χ1v) is 12.4. The van der Waals surface area contributed by atoms with Crippen molar-refractivity contribution in [3.63, 3.8) is 0 Å². The van der Waals surface area contributed by atoms with E-state index in [9.17, 15) is 4.79 Å². The highest BCUT2D eigenvalue weighted by atomic mass is 16.6. The van der Waals surface area contributed by atoms with Crippen molar-refractivity contribution >= 4 is 11.7 Å². The number of carbonyl (C=O) groups excluding carboxylic acids is 1. The van der Waals surface area contributed by atoms with Crippen LogP contribution in [0.4, 0.5) is 5.69 Å². The standard InChI is InChI=1S/C30H34N2O3/c1-21(28(33)35-29(2,3)4)31-30(22-13-15-23(16-14-22)32-17-19-34-20-18-32)26-11-7-5-9-24(26)25-10-6-8-12-27(25)30/h5-16,21,31H,17-20H2,1-4H3/t21-/m0/s1. The number of hydrogen-bond acceptors (Lipinski definition) is 5. The van der Waals surface area contributed by atoms with Gasteiger partial charge in [-0.2, -0.15) is 0 Å². The van der Waals surface area contributed by atoms with Crippen molar-refractivity contribution in [1.29, 1.82) is 0 Å². The predicted molar refractivity (Wildman–Crippen MR) is 140 cm³/mol. The van der Waals surface area contributed by atoms with Crippen LogP contribution in [0.3, 0.4) is 0 Å². The van der Waals surface area contributed by atoms with E-state index in [2.05, 4.69) is 83.0 Å². The van der Waals surface area contributed by atoms with Crippen LogP contribution in [-0.4, -0.2) is 43.9 Å². The second-order valence-electron chi connectivity index (χ2n) is 10.4. The molecule has 0 bridgehead atoms. The number of nitrogens with zero attached hydrogens (tertiary/aromatic N) is 1. The molecule has 0 radical (unpaired) electrons. The third kappa shape index (κ3) is 4.35. The Bertz CT molecular complexity index is 1160. The topological polar surface area (TPSA) is 50.8 Å². The third-order valence-electron chi connectivity index (χ3n) is 6.82. The van der Waals surface area contributed by atoms with E-state index in [0.29, 0.717) is 0 Å². The highest BCUT2D eigenvalue weighted by Crippen LogP contribution is 2.51. The van der Waals surface area contributed by atoms with Gasteiger partial charge in [0, 0.05) is 18.8 Å². The first-order chi connectivity index (χ1) is 16.8. The molecule has 1 atom stereocenters. The molecule has 0 spiro atoms. The number of nitrogens with one attached hydrogen (secondary N) is 1. The molecule has 0 saturated carbocycles. The lowest BCUT2D eigenvalue weighted by Crippen LogP contribution is -2.51. The summed E-state index contributed by atoms with van der Waals surface area (Å²) in [7, 11) is 0. The molecular formula is C30H34N2O3. The highest BCUT2D eigenvalue weighted by molar-refractivity contribution is 5.84. The van der Waals surface area contributed by atoms with Gasteiger partial charge < -0.3 is 14.4 Å². The quantitative estimate of drug-likeness (QED) is 0.525. The maximum atomic E-state index is 13.1. The van der Waals surface area contributed by atoms with Gasteiger partial charge in [0.2, 0.25) is 0 Å². The molecule has 5 heteroatoms. The van der Waals surface area contributed by atoms with Crippen molar-refractivity contribution in [2.75, 3.05) is 31.2 Å². The lowest BCUT2D eigenvalue weighted by Gasteiger charge is -2.37. The van der Waals surface area contributed by atoms with Gasteiger partial charge in [-0.15, -0.1) is 0 Å². The van der Waals surface area contributed by atoms with E-state index >= 15 is 0 Å². The second kappa shape index (κ2) is 9.14. The molecule has 35 heavy (non-hydrogen) atoms. The molecule has 1 aliphatic carbocycles. The Kier molecular flexibility index (Phi) is 6.16. The third-order valence-corrected chi connectivity index (χ3v) is 6.82. The zero-order valence-electron chi connectivity index (χ0n) is 21.0. The van der Waals surface area contributed by atoms with Crippen LogP contribution in [0, 0.1) is 0 Å². The molecule has 1 saturated heterocycles. The highest BCUT2D eigenvalue weighted by Gasteiger charge is 2.46. The zero-order chi connectivity index (χ0) is 24.6. The monoisotopic (exact) mass is 470 g/mol. The minimum Gasteiger partial charge on any atom is -0.459 e. The van der Waals surface area contributed by atoms with Gasteiger partial charge >= 0.3 is 5.97 Å². The number of fused-ring (bicyclic) bond motifs is 3. The van der Waals surface area contributed by atoms with Crippen LogP contribution in [0.15, 0.2) is 72.8 Å². The van der Waals surface area contributed by atoms with Gasteiger partial charge in [-0.1, -0.05) is 60.7 Å². The Labute approximate surface area is 208 Å². The summed E-state index contributed by atoms with van der Waals surface area (Å²) >= 11 is 0. The predicted octanol–water partition coefficient (Wildman–Crippen LogP) is 5.12. The number of anilines is 1. The number of hydrogen-bond donors (Lipinski definition) is 1. The Morgan fingerprint density at radius 2 is 1.46 bits per heavy atom. The van der Waals surface area contributed by atoms with Crippen molar-refractivity contribution in [3.8, 4) is 11.1 Å². The maximum Gasteiger partial charge on any atom is 0.323 e. The van der Waals surface area contributed by atoms with Gasteiger partial charge in [-0.3, -0.25) is 10.1 Å². The Hall–Kier alpha value is -3.15. The average molecular weight is 471 g/mol. The molecule has 5 rings (SSSR count).